The van der Waals surface area contributed by atoms with Gasteiger partial charge in [0.05, 0.1) is 17.8 Å². The zero-order chi connectivity index (χ0) is 12.5. The Kier molecular flexibility index (Phi) is 2.71. The number of aryl methyl sites for hydroxylation is 2. The number of rotatable bonds is 1. The smallest absolute Gasteiger partial charge is 0.0950 e. The number of aliphatic imine (C=N–C) groups is 2. The maximum atomic E-state index is 4.77. The normalized spacial score (nSPS) is 24.9. The molecule has 2 unspecified atom stereocenters. The molecule has 0 spiro atoms. The van der Waals surface area contributed by atoms with E-state index in [1.165, 1.54) is 11.1 Å². The van der Waals surface area contributed by atoms with Crippen LogP contribution in [-0.2, 0) is 0 Å². The van der Waals surface area contributed by atoms with Crippen LogP contribution in [0.1, 0.15) is 16.7 Å². The summed E-state index contributed by atoms with van der Waals surface area (Å²) < 4.78 is 0. The highest BCUT2D eigenvalue weighted by Gasteiger charge is 2.20. The second-order valence-corrected chi connectivity index (χ2v) is 4.84. The van der Waals surface area contributed by atoms with Crippen molar-refractivity contribution in [3.8, 4) is 0 Å². The Morgan fingerprint density at radius 3 is 2.50 bits per heavy atom. The van der Waals surface area contributed by atoms with Crippen LogP contribution < -0.4 is 0 Å². The molecule has 1 aliphatic heterocycles. The van der Waals surface area contributed by atoms with Gasteiger partial charge in [-0.1, -0.05) is 36.4 Å². The molecule has 0 fully saturated rings. The third-order valence-corrected chi connectivity index (χ3v) is 3.54. The first-order valence-corrected chi connectivity index (χ1v) is 6.27. The molecule has 0 saturated carbocycles. The molecule has 3 rings (SSSR count). The monoisotopic (exact) mass is 236 g/mol. The van der Waals surface area contributed by atoms with Crippen molar-refractivity contribution in [1.29, 1.82) is 0 Å². The van der Waals surface area contributed by atoms with Gasteiger partial charge in [-0.25, -0.2) is 0 Å². The summed E-state index contributed by atoms with van der Waals surface area (Å²) >= 11 is 0. The van der Waals surface area contributed by atoms with E-state index in [2.05, 4.69) is 49.2 Å². The van der Waals surface area contributed by atoms with Crippen molar-refractivity contribution in [1.82, 2.24) is 0 Å². The van der Waals surface area contributed by atoms with Gasteiger partial charge in [0.25, 0.3) is 0 Å². The lowest BCUT2D eigenvalue weighted by Crippen LogP contribution is -2.27. The lowest BCUT2D eigenvalue weighted by molar-refractivity contribution is 0.700. The van der Waals surface area contributed by atoms with Crippen molar-refractivity contribution in [2.75, 3.05) is 0 Å². The predicted molar refractivity (Wildman–Crippen MR) is 76.8 cm³/mol. The van der Waals surface area contributed by atoms with E-state index in [-0.39, 0.29) is 12.1 Å². The second-order valence-electron chi connectivity index (χ2n) is 4.84. The Morgan fingerprint density at radius 1 is 0.944 bits per heavy atom. The van der Waals surface area contributed by atoms with Gasteiger partial charge in [-0.3, -0.25) is 9.98 Å². The fourth-order valence-electron chi connectivity index (χ4n) is 2.24. The molecule has 18 heavy (non-hydrogen) atoms. The van der Waals surface area contributed by atoms with Gasteiger partial charge in [-0.2, -0.15) is 0 Å². The SMILES string of the molecule is Cc1ccc(C2=NC3C=CC=CC3N=C2)cc1C. The first-order chi connectivity index (χ1) is 8.74. The first kappa shape index (κ1) is 11.1. The summed E-state index contributed by atoms with van der Waals surface area (Å²) in [6.07, 6.45) is 10.2. The molecular weight excluding hydrogens is 220 g/mol. The maximum Gasteiger partial charge on any atom is 0.0950 e. The lowest BCUT2D eigenvalue weighted by atomic mass is 9.99. The van der Waals surface area contributed by atoms with Gasteiger partial charge in [-0.15, -0.1) is 0 Å². The molecule has 0 radical (unpaired) electrons. The molecule has 0 aromatic heterocycles. The Bertz CT molecular complexity index is 591. The fraction of sp³-hybridized carbons (Fsp3) is 0.250. The van der Waals surface area contributed by atoms with E-state index >= 15 is 0 Å². The zero-order valence-electron chi connectivity index (χ0n) is 10.7. The van der Waals surface area contributed by atoms with Gasteiger partial charge in [0.2, 0.25) is 0 Å². The van der Waals surface area contributed by atoms with Gasteiger partial charge in [-0.05, 0) is 31.0 Å². The van der Waals surface area contributed by atoms with Crippen LogP contribution in [-0.4, -0.2) is 24.0 Å². The Labute approximate surface area is 107 Å². The summed E-state index contributed by atoms with van der Waals surface area (Å²) in [5, 5.41) is 0. The quantitative estimate of drug-likeness (QED) is 0.716. The van der Waals surface area contributed by atoms with Gasteiger partial charge in [0, 0.05) is 11.8 Å². The summed E-state index contributed by atoms with van der Waals surface area (Å²) in [4.78, 5) is 9.34. The van der Waals surface area contributed by atoms with Gasteiger partial charge < -0.3 is 0 Å². The second kappa shape index (κ2) is 4.37. The third-order valence-electron chi connectivity index (χ3n) is 3.54. The number of nitrogens with zero attached hydrogens (tertiary/aromatic N) is 2. The van der Waals surface area contributed by atoms with Crippen molar-refractivity contribution in [3.63, 3.8) is 0 Å². The van der Waals surface area contributed by atoms with Crippen LogP contribution in [0.25, 0.3) is 0 Å². The summed E-state index contributed by atoms with van der Waals surface area (Å²) in [6, 6.07) is 6.80. The molecule has 1 aromatic carbocycles. The average Bonchev–Trinajstić information content (AvgIpc) is 2.41. The molecule has 90 valence electrons. The first-order valence-electron chi connectivity index (χ1n) is 6.27. The van der Waals surface area contributed by atoms with Gasteiger partial charge in [0.15, 0.2) is 0 Å². The van der Waals surface area contributed by atoms with Crippen LogP contribution in [0.4, 0.5) is 0 Å². The van der Waals surface area contributed by atoms with Crippen LogP contribution in [0.2, 0.25) is 0 Å². The Hall–Kier alpha value is -1.96. The molecule has 2 aliphatic rings. The van der Waals surface area contributed by atoms with E-state index in [0.29, 0.717) is 0 Å². The topological polar surface area (TPSA) is 24.7 Å². The van der Waals surface area contributed by atoms with Gasteiger partial charge >= 0.3 is 0 Å². The minimum absolute atomic E-state index is 0.164. The number of fused-ring (bicyclic) bond motifs is 1. The average molecular weight is 236 g/mol. The minimum atomic E-state index is 0.164. The molecule has 2 atom stereocenters. The Morgan fingerprint density at radius 2 is 1.72 bits per heavy atom. The van der Waals surface area contributed by atoms with E-state index < -0.39 is 0 Å². The standard InChI is InChI=1S/C16H16N2/c1-11-7-8-13(9-12(11)2)16-10-17-14-5-3-4-6-15(14)18-16/h3-10,14-15H,1-2H3. The molecule has 1 aliphatic carbocycles. The van der Waals surface area contributed by atoms with Crippen LogP contribution in [0.3, 0.4) is 0 Å². The Balaban J connectivity index is 1.96. The minimum Gasteiger partial charge on any atom is -0.281 e. The van der Waals surface area contributed by atoms with Crippen molar-refractivity contribution < 1.29 is 0 Å². The summed E-state index contributed by atoms with van der Waals surface area (Å²) in [6.45, 7) is 4.26. The van der Waals surface area contributed by atoms with E-state index in [1.807, 2.05) is 18.4 Å². The van der Waals surface area contributed by atoms with Gasteiger partial charge in [0.1, 0.15) is 0 Å². The highest BCUT2D eigenvalue weighted by molar-refractivity contribution is 6.38. The predicted octanol–water partition coefficient (Wildman–Crippen LogP) is 3.04. The number of hydrogen-bond donors (Lipinski definition) is 0. The molecule has 1 heterocycles. The maximum absolute atomic E-state index is 4.77. The molecule has 2 nitrogen and oxygen atoms in total. The summed E-state index contributed by atoms with van der Waals surface area (Å²) in [5.41, 5.74) is 4.75. The van der Waals surface area contributed by atoms with Crippen LogP contribution in [0.15, 0.2) is 52.5 Å². The lowest BCUT2D eigenvalue weighted by Gasteiger charge is -2.22. The third kappa shape index (κ3) is 1.94. The molecule has 1 aromatic rings. The van der Waals surface area contributed by atoms with Crippen molar-refractivity contribution in [2.24, 2.45) is 9.98 Å². The number of benzene rings is 1. The summed E-state index contributed by atoms with van der Waals surface area (Å²) in [5.74, 6) is 0. The zero-order valence-corrected chi connectivity index (χ0v) is 10.7. The van der Waals surface area contributed by atoms with E-state index in [0.717, 1.165) is 11.3 Å². The van der Waals surface area contributed by atoms with Crippen LogP contribution >= 0.6 is 0 Å². The van der Waals surface area contributed by atoms with E-state index in [1.54, 1.807) is 0 Å². The number of allylic oxidation sites excluding steroid dienone is 2. The molecule has 0 bridgehead atoms. The van der Waals surface area contributed by atoms with Crippen LogP contribution in [0, 0.1) is 13.8 Å². The van der Waals surface area contributed by atoms with E-state index in [4.69, 9.17) is 4.99 Å². The molecule has 2 heteroatoms. The highest BCUT2D eigenvalue weighted by atomic mass is 14.9. The highest BCUT2D eigenvalue weighted by Crippen LogP contribution is 2.18. The van der Waals surface area contributed by atoms with E-state index in [9.17, 15) is 0 Å². The molecule has 0 saturated heterocycles. The van der Waals surface area contributed by atoms with Crippen LogP contribution in [0.5, 0.6) is 0 Å². The van der Waals surface area contributed by atoms with Crippen molar-refractivity contribution >= 4 is 11.9 Å². The fourth-order valence-corrected chi connectivity index (χ4v) is 2.24. The molecule has 0 amide bonds. The number of hydrogen-bond acceptors (Lipinski definition) is 2. The largest absolute Gasteiger partial charge is 0.281 e. The van der Waals surface area contributed by atoms with Crippen molar-refractivity contribution in [2.45, 2.75) is 25.9 Å². The summed E-state index contributed by atoms with van der Waals surface area (Å²) in [7, 11) is 0. The molecular formula is C16H16N2. The molecule has 0 N–H and O–H groups in total. The van der Waals surface area contributed by atoms with Crippen molar-refractivity contribution in [3.05, 3.63) is 59.2 Å².